The fourth-order valence-corrected chi connectivity index (χ4v) is 2.91. The van der Waals surface area contributed by atoms with Crippen molar-refractivity contribution in [3.63, 3.8) is 0 Å². The van der Waals surface area contributed by atoms with Crippen LogP contribution in [-0.4, -0.2) is 52.5 Å². The number of carbonyl (C=O) groups is 1. The number of benzene rings is 1. The van der Waals surface area contributed by atoms with Gasteiger partial charge in [0, 0.05) is 5.02 Å². The van der Waals surface area contributed by atoms with Crippen molar-refractivity contribution >= 4 is 23.2 Å². The van der Waals surface area contributed by atoms with Gasteiger partial charge in [0.15, 0.2) is 6.10 Å². The Labute approximate surface area is 194 Å². The molecule has 2 aromatic rings. The van der Waals surface area contributed by atoms with Gasteiger partial charge in [-0.05, 0) is 43.2 Å². The minimum absolute atomic E-state index is 0.00918. The number of hydrogen-bond acceptors (Lipinski definition) is 6. The van der Waals surface area contributed by atoms with E-state index in [1.54, 1.807) is 0 Å². The second-order valence-electron chi connectivity index (χ2n) is 6.90. The first-order valence-corrected chi connectivity index (χ1v) is 9.95. The fraction of sp³-hybridized carbons (Fsp3) is 0.400. The number of aliphatic hydroxyl groups excluding tert-OH is 2. The van der Waals surface area contributed by atoms with Crippen molar-refractivity contribution in [3.05, 3.63) is 53.3 Å². The lowest BCUT2D eigenvalue weighted by atomic mass is 10.2. The lowest BCUT2D eigenvalue weighted by Gasteiger charge is -2.16. The largest absolute Gasteiger partial charge is 0.573 e. The molecule has 0 saturated carbocycles. The monoisotopic (exact) mass is 516 g/mol. The van der Waals surface area contributed by atoms with E-state index in [0.29, 0.717) is 0 Å². The summed E-state index contributed by atoms with van der Waals surface area (Å²) in [6.45, 7) is -0.493. The van der Waals surface area contributed by atoms with Crippen LogP contribution >= 0.6 is 11.6 Å². The van der Waals surface area contributed by atoms with Crippen LogP contribution in [0.25, 0.3) is 0 Å². The number of aliphatic hydroxyl groups is 2. The van der Waals surface area contributed by atoms with Crippen molar-refractivity contribution in [3.8, 4) is 5.75 Å². The number of nitrogens with zero attached hydrogens (tertiary/aromatic N) is 1. The molecule has 1 saturated heterocycles. The third-order valence-electron chi connectivity index (χ3n) is 4.27. The van der Waals surface area contributed by atoms with E-state index in [2.05, 4.69) is 15.0 Å². The molecule has 0 aliphatic carbocycles. The van der Waals surface area contributed by atoms with Crippen LogP contribution in [0.5, 0.6) is 5.75 Å². The van der Waals surface area contributed by atoms with Crippen LogP contribution in [0.4, 0.5) is 32.0 Å². The quantitative estimate of drug-likeness (QED) is 0.510. The highest BCUT2D eigenvalue weighted by Crippen LogP contribution is 2.33. The molecule has 3 rings (SSSR count). The van der Waals surface area contributed by atoms with Gasteiger partial charge in [0.2, 0.25) is 0 Å². The summed E-state index contributed by atoms with van der Waals surface area (Å²) in [6, 6.07) is 7.93. The highest BCUT2D eigenvalue weighted by atomic mass is 35.5. The smallest absolute Gasteiger partial charge is 0.406 e. The second kappa shape index (κ2) is 11.7. The van der Waals surface area contributed by atoms with E-state index in [0.717, 1.165) is 6.07 Å². The van der Waals surface area contributed by atoms with Crippen molar-refractivity contribution in [2.24, 2.45) is 0 Å². The number of ether oxygens (including phenoxy) is 2. The first-order valence-electron chi connectivity index (χ1n) is 9.57. The third kappa shape index (κ3) is 8.97. The number of hydrogen-bond donors (Lipinski definition) is 3. The summed E-state index contributed by atoms with van der Waals surface area (Å²) >= 11 is 5.43. The van der Waals surface area contributed by atoms with Gasteiger partial charge in [-0.3, -0.25) is 9.78 Å². The maximum absolute atomic E-state index is 12.5. The standard InChI is InChI=1S/C13H15F3N2O4.C7H4ClF3O/c14-13(15,16)11-4-3-10(22-11)12(21)18-7-1-2-8(17-5-7)9(20)6-19;8-5-2-1-3-6(4-5)12-7(9,10)11/h1-2,5,9-11,19-20H,3-4,6H2,(H,18,21);1-4H. The average molecular weight is 517 g/mol. The first kappa shape index (κ1) is 27.6. The summed E-state index contributed by atoms with van der Waals surface area (Å²) in [4.78, 5) is 15.7. The minimum atomic E-state index is -4.66. The van der Waals surface area contributed by atoms with E-state index < -0.39 is 43.4 Å². The summed E-state index contributed by atoms with van der Waals surface area (Å²) in [5.41, 5.74) is 0.479. The van der Waals surface area contributed by atoms with E-state index in [1.807, 2.05) is 0 Å². The van der Waals surface area contributed by atoms with Crippen LogP contribution in [0.1, 0.15) is 24.6 Å². The summed E-state index contributed by atoms with van der Waals surface area (Å²) in [5.74, 6) is -0.987. The van der Waals surface area contributed by atoms with Crippen LogP contribution in [0.3, 0.4) is 0 Å². The number of rotatable bonds is 5. The zero-order chi connectivity index (χ0) is 25.5. The highest BCUT2D eigenvalue weighted by molar-refractivity contribution is 6.30. The van der Waals surface area contributed by atoms with Gasteiger partial charge in [0.25, 0.3) is 5.91 Å². The molecule has 3 unspecified atom stereocenters. The predicted molar refractivity (Wildman–Crippen MR) is 107 cm³/mol. The summed E-state index contributed by atoms with van der Waals surface area (Å²) in [6.07, 6.45) is -12.4. The number of nitrogens with one attached hydrogen (secondary N) is 1. The number of alkyl halides is 6. The number of anilines is 1. The molecule has 1 fully saturated rings. The van der Waals surface area contributed by atoms with Crippen molar-refractivity contribution in [1.29, 1.82) is 0 Å². The van der Waals surface area contributed by atoms with Gasteiger partial charge in [0.05, 0.1) is 24.2 Å². The van der Waals surface area contributed by atoms with Gasteiger partial charge >= 0.3 is 12.5 Å². The molecule has 2 heterocycles. The minimum Gasteiger partial charge on any atom is -0.406 e. The maximum atomic E-state index is 12.5. The highest BCUT2D eigenvalue weighted by Gasteiger charge is 2.47. The summed E-state index contributed by atoms with van der Waals surface area (Å²) < 4.78 is 80.5. The number of pyridine rings is 1. The zero-order valence-electron chi connectivity index (χ0n) is 17.1. The topological polar surface area (TPSA) is 101 Å². The zero-order valence-corrected chi connectivity index (χ0v) is 17.9. The molecule has 1 aliphatic rings. The van der Waals surface area contributed by atoms with Gasteiger partial charge in [-0.1, -0.05) is 17.7 Å². The van der Waals surface area contributed by atoms with E-state index in [-0.39, 0.29) is 35.0 Å². The predicted octanol–water partition coefficient (Wildman–Crippen LogP) is 4.39. The molecule has 188 valence electrons. The van der Waals surface area contributed by atoms with Gasteiger partial charge in [-0.25, -0.2) is 0 Å². The Morgan fingerprint density at radius 3 is 2.41 bits per heavy atom. The molecule has 3 N–H and O–H groups in total. The molecule has 0 radical (unpaired) electrons. The Morgan fingerprint density at radius 2 is 1.91 bits per heavy atom. The lowest BCUT2D eigenvalue weighted by molar-refractivity contribution is -0.274. The third-order valence-corrected chi connectivity index (χ3v) is 4.51. The molecule has 0 bridgehead atoms. The van der Waals surface area contributed by atoms with E-state index in [4.69, 9.17) is 21.4 Å². The maximum Gasteiger partial charge on any atom is 0.573 e. The molecule has 0 spiro atoms. The fourth-order valence-electron chi connectivity index (χ4n) is 2.73. The van der Waals surface area contributed by atoms with E-state index >= 15 is 0 Å². The Balaban J connectivity index is 0.000000287. The molecule has 1 amide bonds. The van der Waals surface area contributed by atoms with Gasteiger partial charge in [0.1, 0.15) is 18.0 Å². The first-order chi connectivity index (χ1) is 15.8. The number of carbonyl (C=O) groups excluding carboxylic acids is 1. The molecular weight excluding hydrogens is 498 g/mol. The number of amides is 1. The SMILES string of the molecule is FC(F)(F)Oc1cccc(Cl)c1.O=C(Nc1ccc(C(O)CO)nc1)C1CCC(C(F)(F)F)O1. The number of halogens is 7. The Bertz CT molecular complexity index is 942. The van der Waals surface area contributed by atoms with Crippen LogP contribution in [0.15, 0.2) is 42.6 Å². The van der Waals surface area contributed by atoms with E-state index in [1.165, 1.54) is 36.5 Å². The van der Waals surface area contributed by atoms with Crippen LogP contribution in [-0.2, 0) is 9.53 Å². The van der Waals surface area contributed by atoms with Crippen LogP contribution < -0.4 is 10.1 Å². The molecule has 14 heteroatoms. The van der Waals surface area contributed by atoms with Crippen molar-refractivity contribution in [2.75, 3.05) is 11.9 Å². The van der Waals surface area contributed by atoms with E-state index in [9.17, 15) is 36.2 Å². The van der Waals surface area contributed by atoms with Gasteiger partial charge in [-0.2, -0.15) is 13.2 Å². The van der Waals surface area contributed by atoms with Crippen molar-refractivity contribution in [1.82, 2.24) is 4.98 Å². The Morgan fingerprint density at radius 1 is 1.21 bits per heavy atom. The Kier molecular flexibility index (Phi) is 9.50. The second-order valence-corrected chi connectivity index (χ2v) is 7.33. The molecular formula is C20H19ClF6N2O5. The summed E-state index contributed by atoms with van der Waals surface area (Å²) in [7, 11) is 0. The van der Waals surface area contributed by atoms with Crippen molar-refractivity contribution in [2.45, 2.75) is 43.7 Å². The summed E-state index contributed by atoms with van der Waals surface area (Å²) in [5, 5.41) is 20.7. The molecule has 1 aliphatic heterocycles. The average Bonchev–Trinajstić information content (AvgIpc) is 3.24. The Hall–Kier alpha value is -2.61. The molecule has 1 aromatic heterocycles. The normalized spacial score (nSPS) is 19.1. The molecule has 7 nitrogen and oxygen atoms in total. The molecule has 34 heavy (non-hydrogen) atoms. The molecule has 1 aromatic carbocycles. The van der Waals surface area contributed by atoms with Gasteiger partial charge in [-0.15, -0.1) is 13.2 Å². The van der Waals surface area contributed by atoms with Crippen LogP contribution in [0.2, 0.25) is 5.02 Å². The van der Waals surface area contributed by atoms with Crippen molar-refractivity contribution < 1.29 is 50.8 Å². The van der Waals surface area contributed by atoms with Crippen LogP contribution in [0, 0.1) is 0 Å². The van der Waals surface area contributed by atoms with Gasteiger partial charge < -0.3 is 25.0 Å². The lowest BCUT2D eigenvalue weighted by Crippen LogP contribution is -2.33. The number of aromatic nitrogens is 1. The molecule has 3 atom stereocenters.